The number of hydrogen-bond acceptors (Lipinski definition) is 4. The van der Waals surface area contributed by atoms with Crippen molar-refractivity contribution in [3.63, 3.8) is 0 Å². The van der Waals surface area contributed by atoms with Gasteiger partial charge in [0.25, 0.3) is 5.91 Å². The molecule has 0 aliphatic heterocycles. The minimum Gasteiger partial charge on any atom is -0.493 e. The standard InChI is InChI=1S/C33H35NO5/c1-24(2)34(22-29-9-5-6-12-31(29)39-19-7-3-4-13-32(35)36)33(37)26-16-14-25(15-17-26)27-10-8-11-28(21-27)30-18-20-38-23-30/h5-6,8-12,14-18,20-21,23-24H,3-4,7,13,19,22H2,1-2H3,(H,35,36). The number of carbonyl (C=O) groups is 2. The van der Waals surface area contributed by atoms with Gasteiger partial charge in [0, 0.05) is 35.7 Å². The zero-order valence-electron chi connectivity index (χ0n) is 22.5. The summed E-state index contributed by atoms with van der Waals surface area (Å²) in [6, 6.07) is 25.7. The molecule has 1 heterocycles. The highest BCUT2D eigenvalue weighted by Crippen LogP contribution is 2.28. The van der Waals surface area contributed by atoms with E-state index in [0.717, 1.165) is 46.4 Å². The normalized spacial score (nSPS) is 10.9. The summed E-state index contributed by atoms with van der Waals surface area (Å²) in [6.45, 7) is 4.97. The summed E-state index contributed by atoms with van der Waals surface area (Å²) in [6.07, 6.45) is 5.80. The molecule has 0 spiro atoms. The van der Waals surface area contributed by atoms with Crippen molar-refractivity contribution >= 4 is 11.9 Å². The summed E-state index contributed by atoms with van der Waals surface area (Å²) in [4.78, 5) is 26.1. The molecule has 1 N–H and O–H groups in total. The van der Waals surface area contributed by atoms with Crippen molar-refractivity contribution in [1.82, 2.24) is 4.90 Å². The lowest BCUT2D eigenvalue weighted by Crippen LogP contribution is -2.36. The fraction of sp³-hybridized carbons (Fsp3) is 0.273. The fourth-order valence-corrected chi connectivity index (χ4v) is 4.46. The number of aliphatic carboxylic acids is 1. The van der Waals surface area contributed by atoms with E-state index in [-0.39, 0.29) is 18.4 Å². The molecule has 1 amide bonds. The van der Waals surface area contributed by atoms with Crippen LogP contribution in [-0.2, 0) is 11.3 Å². The smallest absolute Gasteiger partial charge is 0.303 e. The molecule has 1 aromatic heterocycles. The highest BCUT2D eigenvalue weighted by atomic mass is 16.5. The Balaban J connectivity index is 1.43. The van der Waals surface area contributed by atoms with E-state index in [1.807, 2.05) is 85.5 Å². The molecule has 6 nitrogen and oxygen atoms in total. The number of amides is 1. The van der Waals surface area contributed by atoms with E-state index in [9.17, 15) is 9.59 Å². The molecule has 0 bridgehead atoms. The van der Waals surface area contributed by atoms with Crippen molar-refractivity contribution in [3.05, 3.63) is 103 Å². The SMILES string of the molecule is CC(C)N(Cc1ccccc1OCCCCCC(=O)O)C(=O)c1ccc(-c2cccc(-c3ccoc3)c2)cc1. The van der Waals surface area contributed by atoms with Crippen LogP contribution in [-0.4, -0.2) is 34.5 Å². The average Bonchev–Trinajstić information content (AvgIpc) is 3.49. The van der Waals surface area contributed by atoms with Gasteiger partial charge in [-0.1, -0.05) is 48.5 Å². The summed E-state index contributed by atoms with van der Waals surface area (Å²) >= 11 is 0. The third-order valence-electron chi connectivity index (χ3n) is 6.67. The largest absolute Gasteiger partial charge is 0.493 e. The van der Waals surface area contributed by atoms with Crippen LogP contribution in [0.4, 0.5) is 0 Å². The first-order chi connectivity index (χ1) is 18.9. The molecule has 202 valence electrons. The summed E-state index contributed by atoms with van der Waals surface area (Å²) in [7, 11) is 0. The number of carbonyl (C=O) groups excluding carboxylic acids is 1. The zero-order valence-corrected chi connectivity index (χ0v) is 22.5. The van der Waals surface area contributed by atoms with Crippen molar-refractivity contribution in [2.75, 3.05) is 6.61 Å². The molecule has 3 aromatic carbocycles. The van der Waals surface area contributed by atoms with E-state index >= 15 is 0 Å². The average molecular weight is 526 g/mol. The maximum absolute atomic E-state index is 13.6. The first-order valence-electron chi connectivity index (χ1n) is 13.4. The molecule has 0 unspecified atom stereocenters. The quantitative estimate of drug-likeness (QED) is 0.181. The number of unbranched alkanes of at least 4 members (excludes halogenated alkanes) is 2. The first-order valence-corrected chi connectivity index (χ1v) is 13.4. The van der Waals surface area contributed by atoms with Gasteiger partial charge in [-0.15, -0.1) is 0 Å². The van der Waals surface area contributed by atoms with Crippen molar-refractivity contribution < 1.29 is 23.8 Å². The fourth-order valence-electron chi connectivity index (χ4n) is 4.46. The molecule has 0 radical (unpaired) electrons. The maximum atomic E-state index is 13.6. The number of nitrogens with zero attached hydrogens (tertiary/aromatic N) is 1. The van der Waals surface area contributed by atoms with Gasteiger partial charge >= 0.3 is 5.97 Å². The minimum absolute atomic E-state index is 0.00658. The second-order valence-corrected chi connectivity index (χ2v) is 9.86. The lowest BCUT2D eigenvalue weighted by atomic mass is 9.99. The number of furan rings is 1. The Kier molecular flexibility index (Phi) is 9.57. The number of ether oxygens (including phenoxy) is 1. The summed E-state index contributed by atoms with van der Waals surface area (Å²) < 4.78 is 11.2. The van der Waals surface area contributed by atoms with Gasteiger partial charge in [-0.3, -0.25) is 9.59 Å². The molecule has 0 saturated carbocycles. The van der Waals surface area contributed by atoms with Crippen molar-refractivity contribution in [2.24, 2.45) is 0 Å². The topological polar surface area (TPSA) is 80.0 Å². The molecule has 0 aliphatic carbocycles. The molecule has 39 heavy (non-hydrogen) atoms. The van der Waals surface area contributed by atoms with Gasteiger partial charge < -0.3 is 19.2 Å². The van der Waals surface area contributed by atoms with E-state index < -0.39 is 5.97 Å². The second kappa shape index (κ2) is 13.5. The highest BCUT2D eigenvalue weighted by Gasteiger charge is 2.21. The Hall–Kier alpha value is -4.32. The van der Waals surface area contributed by atoms with E-state index in [4.69, 9.17) is 14.3 Å². The minimum atomic E-state index is -0.769. The maximum Gasteiger partial charge on any atom is 0.303 e. The van der Waals surface area contributed by atoms with Crippen LogP contribution in [0.1, 0.15) is 55.5 Å². The molecule has 0 atom stereocenters. The van der Waals surface area contributed by atoms with Crippen molar-refractivity contribution in [1.29, 1.82) is 0 Å². The Labute approximate surface area is 229 Å². The Morgan fingerprint density at radius 3 is 2.28 bits per heavy atom. The molecule has 0 aliphatic rings. The van der Waals surface area contributed by atoms with Crippen LogP contribution in [0.25, 0.3) is 22.3 Å². The number of hydrogen-bond donors (Lipinski definition) is 1. The Morgan fingerprint density at radius 1 is 0.846 bits per heavy atom. The van der Waals surface area contributed by atoms with E-state index in [2.05, 4.69) is 12.1 Å². The van der Waals surface area contributed by atoms with Crippen molar-refractivity contribution in [2.45, 2.75) is 52.1 Å². The summed E-state index contributed by atoms with van der Waals surface area (Å²) in [5, 5.41) is 8.78. The monoisotopic (exact) mass is 525 g/mol. The van der Waals surface area contributed by atoms with Gasteiger partial charge in [-0.25, -0.2) is 0 Å². The van der Waals surface area contributed by atoms with E-state index in [1.165, 1.54) is 0 Å². The van der Waals surface area contributed by atoms with Gasteiger partial charge in [-0.2, -0.15) is 0 Å². The van der Waals surface area contributed by atoms with Crippen molar-refractivity contribution in [3.8, 4) is 28.0 Å². The summed E-state index contributed by atoms with van der Waals surface area (Å²) in [5.41, 5.74) is 5.79. The number of para-hydroxylation sites is 1. The number of carboxylic acid groups (broad SMARTS) is 1. The lowest BCUT2D eigenvalue weighted by Gasteiger charge is -2.28. The van der Waals surface area contributed by atoms with Gasteiger partial charge in [0.05, 0.1) is 19.1 Å². The van der Waals surface area contributed by atoms with Crippen LogP contribution in [0.15, 0.2) is 95.8 Å². The van der Waals surface area contributed by atoms with E-state index in [0.29, 0.717) is 25.1 Å². The molecular formula is C33H35NO5. The van der Waals surface area contributed by atoms with Gasteiger partial charge in [-0.05, 0) is 80.1 Å². The number of benzene rings is 3. The van der Waals surface area contributed by atoms with Crippen LogP contribution in [0.3, 0.4) is 0 Å². The third kappa shape index (κ3) is 7.60. The second-order valence-electron chi connectivity index (χ2n) is 9.86. The van der Waals surface area contributed by atoms with Crippen LogP contribution < -0.4 is 4.74 Å². The highest BCUT2D eigenvalue weighted by molar-refractivity contribution is 5.95. The zero-order chi connectivity index (χ0) is 27.6. The molecule has 4 aromatic rings. The first kappa shape index (κ1) is 27.7. The lowest BCUT2D eigenvalue weighted by molar-refractivity contribution is -0.137. The summed E-state index contributed by atoms with van der Waals surface area (Å²) in [5.74, 6) is -0.0526. The predicted molar refractivity (Wildman–Crippen MR) is 153 cm³/mol. The molecule has 6 heteroatoms. The van der Waals surface area contributed by atoms with Crippen LogP contribution in [0.2, 0.25) is 0 Å². The van der Waals surface area contributed by atoms with Crippen LogP contribution >= 0.6 is 0 Å². The number of carboxylic acids is 1. The Morgan fingerprint density at radius 2 is 1.59 bits per heavy atom. The van der Waals surface area contributed by atoms with Gasteiger partial charge in [0.15, 0.2) is 0 Å². The Bertz CT molecular complexity index is 1360. The predicted octanol–water partition coefficient (Wildman–Crippen LogP) is 7.69. The number of rotatable bonds is 13. The van der Waals surface area contributed by atoms with E-state index in [1.54, 1.807) is 12.5 Å². The van der Waals surface area contributed by atoms with Crippen LogP contribution in [0.5, 0.6) is 5.75 Å². The molecule has 0 saturated heterocycles. The van der Waals surface area contributed by atoms with Gasteiger partial charge in [0.2, 0.25) is 0 Å². The molecule has 0 fully saturated rings. The molecule has 4 rings (SSSR count). The van der Waals surface area contributed by atoms with Gasteiger partial charge in [0.1, 0.15) is 5.75 Å². The third-order valence-corrected chi connectivity index (χ3v) is 6.67. The van der Waals surface area contributed by atoms with Crippen LogP contribution in [0, 0.1) is 0 Å². The molecular weight excluding hydrogens is 490 g/mol.